The molecule has 0 radical (unpaired) electrons. The molecule has 0 aliphatic heterocycles. The molecule has 1 N–H and O–H groups in total. The first-order valence-electron chi connectivity index (χ1n) is 5.71. The highest BCUT2D eigenvalue weighted by molar-refractivity contribution is 8.00. The minimum atomic E-state index is -4.15. The van der Waals surface area contributed by atoms with Gasteiger partial charge in [0.2, 0.25) is 10.0 Å². The minimum Gasteiger partial charge on any atom is -0.210 e. The summed E-state index contributed by atoms with van der Waals surface area (Å²) < 4.78 is 52.6. The first-order valence-corrected chi connectivity index (χ1v) is 8.18. The van der Waals surface area contributed by atoms with Gasteiger partial charge in [-0.3, -0.25) is 0 Å². The van der Waals surface area contributed by atoms with Crippen molar-refractivity contribution in [1.82, 2.24) is 4.72 Å². The molecule has 0 bridgehead atoms. The van der Waals surface area contributed by atoms with Gasteiger partial charge in [0.05, 0.1) is 0 Å². The van der Waals surface area contributed by atoms with Crippen LogP contribution in [0.4, 0.5) is 8.78 Å². The molecule has 1 aromatic rings. The Morgan fingerprint density at radius 3 is 2.21 bits per heavy atom. The largest absolute Gasteiger partial charge is 0.246 e. The Labute approximate surface area is 116 Å². The van der Waals surface area contributed by atoms with Crippen molar-refractivity contribution in [3.63, 3.8) is 0 Å². The van der Waals surface area contributed by atoms with Gasteiger partial charge in [0.15, 0.2) is 4.90 Å². The summed E-state index contributed by atoms with van der Waals surface area (Å²) >= 11 is 1.56. The molecule has 0 saturated carbocycles. The van der Waals surface area contributed by atoms with Gasteiger partial charge in [-0.25, -0.2) is 21.9 Å². The number of hydrogen-bond acceptors (Lipinski definition) is 3. The molecular weight excluding hydrogens is 292 g/mol. The fourth-order valence-corrected chi connectivity index (χ4v) is 3.46. The molecule has 0 spiro atoms. The van der Waals surface area contributed by atoms with E-state index in [1.54, 1.807) is 11.8 Å². The van der Waals surface area contributed by atoms with E-state index in [2.05, 4.69) is 4.72 Å². The Balaban J connectivity index is 2.72. The minimum absolute atomic E-state index is 0.00862. The highest BCUT2D eigenvalue weighted by Gasteiger charge is 2.23. The van der Waals surface area contributed by atoms with Crippen molar-refractivity contribution in [3.8, 4) is 0 Å². The van der Waals surface area contributed by atoms with Crippen molar-refractivity contribution < 1.29 is 17.2 Å². The standard InChI is InChI=1S/C12H17F2NO2S2/c1-12(2,3)18-8-7-15-19(16,17)11-9(13)5-4-6-10(11)14/h4-6,15H,7-8H2,1-3H3. The SMILES string of the molecule is CC(C)(C)SCCNS(=O)(=O)c1c(F)cccc1F. The Kier molecular flexibility index (Phi) is 5.34. The Hall–Kier alpha value is -0.660. The van der Waals surface area contributed by atoms with Crippen molar-refractivity contribution in [3.05, 3.63) is 29.8 Å². The van der Waals surface area contributed by atoms with Crippen molar-refractivity contribution in [2.75, 3.05) is 12.3 Å². The van der Waals surface area contributed by atoms with E-state index >= 15 is 0 Å². The molecule has 0 aliphatic carbocycles. The third-order valence-electron chi connectivity index (χ3n) is 2.12. The Bertz CT molecular complexity index is 519. The van der Waals surface area contributed by atoms with Crippen molar-refractivity contribution >= 4 is 21.8 Å². The van der Waals surface area contributed by atoms with Gasteiger partial charge in [-0.1, -0.05) is 26.8 Å². The average molecular weight is 309 g/mol. The third kappa shape index (κ3) is 5.08. The van der Waals surface area contributed by atoms with Crippen LogP contribution in [-0.2, 0) is 10.0 Å². The fraction of sp³-hybridized carbons (Fsp3) is 0.500. The van der Waals surface area contributed by atoms with E-state index in [-0.39, 0.29) is 11.3 Å². The Morgan fingerprint density at radius 1 is 1.21 bits per heavy atom. The van der Waals surface area contributed by atoms with Gasteiger partial charge in [-0.2, -0.15) is 11.8 Å². The molecule has 0 fully saturated rings. The van der Waals surface area contributed by atoms with E-state index in [0.29, 0.717) is 5.75 Å². The lowest BCUT2D eigenvalue weighted by molar-refractivity contribution is 0.515. The maximum atomic E-state index is 13.4. The quantitative estimate of drug-likeness (QED) is 0.851. The zero-order valence-corrected chi connectivity index (χ0v) is 12.7. The van der Waals surface area contributed by atoms with Crippen LogP contribution in [0.15, 0.2) is 23.1 Å². The second-order valence-electron chi connectivity index (χ2n) is 4.91. The third-order valence-corrected chi connectivity index (χ3v) is 4.90. The number of sulfonamides is 1. The second-order valence-corrected chi connectivity index (χ2v) is 8.53. The van der Waals surface area contributed by atoms with Gasteiger partial charge in [-0.15, -0.1) is 0 Å². The van der Waals surface area contributed by atoms with Crippen molar-refractivity contribution in [2.24, 2.45) is 0 Å². The lowest BCUT2D eigenvalue weighted by atomic mass is 10.3. The molecule has 1 rings (SSSR count). The molecule has 19 heavy (non-hydrogen) atoms. The molecule has 0 atom stereocenters. The Morgan fingerprint density at radius 2 is 1.74 bits per heavy atom. The van der Waals surface area contributed by atoms with E-state index in [1.165, 1.54) is 0 Å². The van der Waals surface area contributed by atoms with Crippen LogP contribution in [0.1, 0.15) is 20.8 Å². The highest BCUT2D eigenvalue weighted by atomic mass is 32.2. The number of thioether (sulfide) groups is 1. The lowest BCUT2D eigenvalue weighted by Crippen LogP contribution is -2.28. The van der Waals surface area contributed by atoms with E-state index in [4.69, 9.17) is 0 Å². The summed E-state index contributed by atoms with van der Waals surface area (Å²) in [4.78, 5) is -0.921. The summed E-state index contributed by atoms with van der Waals surface area (Å²) in [5, 5.41) is 0. The lowest BCUT2D eigenvalue weighted by Gasteiger charge is -2.17. The van der Waals surface area contributed by atoms with Crippen molar-refractivity contribution in [1.29, 1.82) is 0 Å². The number of hydrogen-bond donors (Lipinski definition) is 1. The van der Waals surface area contributed by atoms with Gasteiger partial charge in [0, 0.05) is 17.0 Å². The van der Waals surface area contributed by atoms with E-state index in [9.17, 15) is 17.2 Å². The highest BCUT2D eigenvalue weighted by Crippen LogP contribution is 2.22. The van der Waals surface area contributed by atoms with Gasteiger partial charge in [0.25, 0.3) is 0 Å². The summed E-state index contributed by atoms with van der Waals surface area (Å²) in [7, 11) is -4.15. The molecule has 3 nitrogen and oxygen atoms in total. The van der Waals surface area contributed by atoms with E-state index < -0.39 is 26.6 Å². The molecule has 0 unspecified atom stereocenters. The summed E-state index contributed by atoms with van der Waals surface area (Å²) in [6.07, 6.45) is 0. The van der Waals surface area contributed by atoms with Crippen molar-refractivity contribution in [2.45, 2.75) is 30.4 Å². The molecule has 7 heteroatoms. The van der Waals surface area contributed by atoms with Gasteiger partial charge in [-0.05, 0) is 12.1 Å². The number of benzene rings is 1. The second kappa shape index (κ2) is 6.19. The van der Waals surface area contributed by atoms with E-state index in [1.807, 2.05) is 20.8 Å². The summed E-state index contributed by atoms with van der Waals surface area (Å²) in [5.74, 6) is -1.65. The number of rotatable bonds is 5. The van der Waals surface area contributed by atoms with Crippen LogP contribution >= 0.6 is 11.8 Å². The van der Waals surface area contributed by atoms with Crippen LogP contribution in [0.3, 0.4) is 0 Å². The maximum absolute atomic E-state index is 13.4. The average Bonchev–Trinajstić information content (AvgIpc) is 2.22. The predicted octanol–water partition coefficient (Wildman–Crippen LogP) is 2.77. The van der Waals surface area contributed by atoms with Gasteiger partial charge in [0.1, 0.15) is 11.6 Å². The molecule has 0 saturated heterocycles. The molecular formula is C12H17F2NO2S2. The maximum Gasteiger partial charge on any atom is 0.246 e. The molecule has 108 valence electrons. The zero-order chi connectivity index (χ0) is 14.7. The van der Waals surface area contributed by atoms with Crippen LogP contribution in [0.25, 0.3) is 0 Å². The molecule has 1 aromatic carbocycles. The normalized spacial score (nSPS) is 12.7. The molecule has 0 heterocycles. The number of halogens is 2. The van der Waals surface area contributed by atoms with Crippen LogP contribution in [-0.4, -0.2) is 25.5 Å². The van der Waals surface area contributed by atoms with Crippen LogP contribution in [0.2, 0.25) is 0 Å². The monoisotopic (exact) mass is 309 g/mol. The fourth-order valence-electron chi connectivity index (χ4n) is 1.34. The summed E-state index contributed by atoms with van der Waals surface area (Å²) in [6, 6.07) is 2.96. The van der Waals surface area contributed by atoms with Crippen LogP contribution in [0, 0.1) is 11.6 Å². The predicted molar refractivity (Wildman–Crippen MR) is 73.8 cm³/mol. The molecule has 0 aromatic heterocycles. The van der Waals surface area contributed by atoms with Gasteiger partial charge >= 0.3 is 0 Å². The first-order chi connectivity index (χ1) is 8.63. The topological polar surface area (TPSA) is 46.2 Å². The first kappa shape index (κ1) is 16.4. The van der Waals surface area contributed by atoms with Crippen LogP contribution in [0.5, 0.6) is 0 Å². The summed E-state index contributed by atoms with van der Waals surface area (Å²) in [5.41, 5.74) is 0. The number of nitrogens with one attached hydrogen (secondary N) is 1. The molecule has 0 amide bonds. The van der Waals surface area contributed by atoms with E-state index in [0.717, 1.165) is 18.2 Å². The molecule has 0 aliphatic rings. The zero-order valence-electron chi connectivity index (χ0n) is 11.0. The van der Waals surface area contributed by atoms with Gasteiger partial charge < -0.3 is 0 Å². The van der Waals surface area contributed by atoms with Crippen LogP contribution < -0.4 is 4.72 Å². The smallest absolute Gasteiger partial charge is 0.210 e. The summed E-state index contributed by atoms with van der Waals surface area (Å²) in [6.45, 7) is 6.13.